The maximum Gasteiger partial charge on any atom is 0.408 e. The Balaban J connectivity index is 2.36. The molecule has 0 aliphatic rings. The summed E-state index contributed by atoms with van der Waals surface area (Å²) >= 11 is 5.99. The summed E-state index contributed by atoms with van der Waals surface area (Å²) in [5, 5.41) is 9.58. The Labute approximate surface area is 166 Å². The van der Waals surface area contributed by atoms with E-state index in [0.29, 0.717) is 36.6 Å². The van der Waals surface area contributed by atoms with Gasteiger partial charge in [0.2, 0.25) is 5.88 Å². The molecule has 1 aromatic rings. The van der Waals surface area contributed by atoms with Gasteiger partial charge in [-0.2, -0.15) is 0 Å². The summed E-state index contributed by atoms with van der Waals surface area (Å²) < 4.78 is 10.8. The first kappa shape index (κ1) is 22.8. The van der Waals surface area contributed by atoms with Crippen LogP contribution in [0.5, 0.6) is 5.88 Å². The third-order valence-electron chi connectivity index (χ3n) is 3.12. The molecule has 1 aromatic heterocycles. The second kappa shape index (κ2) is 10.2. The highest BCUT2D eigenvalue weighted by Gasteiger charge is 2.24. The highest BCUT2D eigenvalue weighted by molar-refractivity contribution is 6.31. The number of aromatic nitrogens is 1. The zero-order chi connectivity index (χ0) is 20.5. The number of carbonyl (C=O) groups excluding carboxylic acids is 1. The molecule has 0 atom stereocenters. The standard InChI is InChI=1S/C18H30ClN5O3/c1-17(2,3)27-16(25)24-18(4,5)12-23-15(20-6)22-10-11-26-14-13(19)8-7-9-21-14/h7-9H,10-12H2,1-6H3,(H,24,25)(H2,20,22,23). The van der Waals surface area contributed by atoms with E-state index in [9.17, 15) is 4.79 Å². The molecule has 9 heteroatoms. The third kappa shape index (κ3) is 9.89. The van der Waals surface area contributed by atoms with Crippen LogP contribution in [0.3, 0.4) is 0 Å². The predicted octanol–water partition coefficient (Wildman–Crippen LogP) is 2.58. The summed E-state index contributed by atoms with van der Waals surface area (Å²) in [4.78, 5) is 20.1. The van der Waals surface area contributed by atoms with Crippen LogP contribution in [-0.2, 0) is 4.74 Å². The van der Waals surface area contributed by atoms with E-state index in [0.717, 1.165) is 0 Å². The highest BCUT2D eigenvalue weighted by atomic mass is 35.5. The number of nitrogens with one attached hydrogen (secondary N) is 3. The molecule has 0 saturated heterocycles. The molecule has 27 heavy (non-hydrogen) atoms. The molecule has 0 bridgehead atoms. The van der Waals surface area contributed by atoms with Crippen molar-refractivity contribution < 1.29 is 14.3 Å². The Hall–Kier alpha value is -2.22. The largest absolute Gasteiger partial charge is 0.475 e. The van der Waals surface area contributed by atoms with Crippen molar-refractivity contribution >= 4 is 23.7 Å². The van der Waals surface area contributed by atoms with Gasteiger partial charge in [-0.25, -0.2) is 9.78 Å². The van der Waals surface area contributed by atoms with Crippen LogP contribution in [0.1, 0.15) is 34.6 Å². The molecular weight excluding hydrogens is 370 g/mol. The van der Waals surface area contributed by atoms with E-state index in [1.54, 1.807) is 25.4 Å². The summed E-state index contributed by atoms with van der Waals surface area (Å²) in [7, 11) is 1.67. The molecule has 3 N–H and O–H groups in total. The van der Waals surface area contributed by atoms with Gasteiger partial charge in [-0.15, -0.1) is 0 Å². The molecule has 0 saturated carbocycles. The number of ether oxygens (including phenoxy) is 2. The van der Waals surface area contributed by atoms with Crippen molar-refractivity contribution in [3.8, 4) is 5.88 Å². The quantitative estimate of drug-likeness (QED) is 0.370. The van der Waals surface area contributed by atoms with Crippen molar-refractivity contribution in [1.29, 1.82) is 0 Å². The number of nitrogens with zero attached hydrogens (tertiary/aromatic N) is 2. The molecule has 152 valence electrons. The number of alkyl carbamates (subject to hydrolysis) is 1. The molecule has 0 fully saturated rings. The van der Waals surface area contributed by atoms with Crippen molar-refractivity contribution in [1.82, 2.24) is 20.9 Å². The Morgan fingerprint density at radius 2 is 1.96 bits per heavy atom. The number of hydrogen-bond acceptors (Lipinski definition) is 5. The van der Waals surface area contributed by atoms with E-state index in [2.05, 4.69) is 25.9 Å². The second-order valence-electron chi connectivity index (χ2n) is 7.50. The molecule has 0 aliphatic heterocycles. The number of halogens is 1. The summed E-state index contributed by atoms with van der Waals surface area (Å²) in [6.07, 6.45) is 1.16. The normalized spacial score (nSPS) is 12.3. The van der Waals surface area contributed by atoms with E-state index in [4.69, 9.17) is 21.1 Å². The number of rotatable bonds is 7. The average molecular weight is 400 g/mol. The maximum absolute atomic E-state index is 11.9. The lowest BCUT2D eigenvalue weighted by molar-refractivity contribution is 0.0474. The fraction of sp³-hybridized carbons (Fsp3) is 0.611. The second-order valence-corrected chi connectivity index (χ2v) is 7.91. The molecule has 0 aliphatic carbocycles. The Morgan fingerprint density at radius 1 is 1.26 bits per heavy atom. The lowest BCUT2D eigenvalue weighted by atomic mass is 10.1. The van der Waals surface area contributed by atoms with Crippen molar-refractivity contribution in [2.24, 2.45) is 4.99 Å². The van der Waals surface area contributed by atoms with E-state index in [1.165, 1.54) is 0 Å². The fourth-order valence-electron chi connectivity index (χ4n) is 1.94. The van der Waals surface area contributed by atoms with E-state index >= 15 is 0 Å². The van der Waals surface area contributed by atoms with Crippen LogP contribution in [-0.4, -0.2) is 54.9 Å². The Kier molecular flexibility index (Phi) is 8.62. The molecule has 0 spiro atoms. The molecule has 1 amide bonds. The molecule has 0 unspecified atom stereocenters. The van der Waals surface area contributed by atoms with Gasteiger partial charge in [0, 0.05) is 19.8 Å². The number of amides is 1. The average Bonchev–Trinajstić information content (AvgIpc) is 2.53. The number of pyridine rings is 1. The summed E-state index contributed by atoms with van der Waals surface area (Å²) in [5.41, 5.74) is -1.07. The van der Waals surface area contributed by atoms with Crippen LogP contribution < -0.4 is 20.7 Å². The Morgan fingerprint density at radius 3 is 2.56 bits per heavy atom. The van der Waals surface area contributed by atoms with Gasteiger partial charge in [-0.3, -0.25) is 4.99 Å². The van der Waals surface area contributed by atoms with Gasteiger partial charge >= 0.3 is 6.09 Å². The number of aliphatic imine (C=N–C) groups is 1. The zero-order valence-corrected chi connectivity index (χ0v) is 17.6. The van der Waals surface area contributed by atoms with Gasteiger partial charge < -0.3 is 25.4 Å². The fourth-order valence-corrected chi connectivity index (χ4v) is 2.12. The lowest BCUT2D eigenvalue weighted by Crippen LogP contribution is -2.54. The van der Waals surface area contributed by atoms with Gasteiger partial charge in [0.25, 0.3) is 0 Å². The summed E-state index contributed by atoms with van der Waals surface area (Å²) in [6.45, 7) is 10.6. The van der Waals surface area contributed by atoms with Crippen LogP contribution in [0.4, 0.5) is 4.79 Å². The minimum absolute atomic E-state index is 0.372. The summed E-state index contributed by atoms with van der Waals surface area (Å²) in [5.74, 6) is 0.983. The van der Waals surface area contributed by atoms with Gasteiger partial charge in [0.05, 0.1) is 12.1 Å². The molecular formula is C18H30ClN5O3. The lowest BCUT2D eigenvalue weighted by Gasteiger charge is -2.29. The van der Waals surface area contributed by atoms with Crippen LogP contribution in [0.25, 0.3) is 0 Å². The van der Waals surface area contributed by atoms with E-state index < -0.39 is 17.2 Å². The van der Waals surface area contributed by atoms with Gasteiger partial charge in [0.15, 0.2) is 5.96 Å². The van der Waals surface area contributed by atoms with E-state index in [1.807, 2.05) is 34.6 Å². The maximum atomic E-state index is 11.9. The third-order valence-corrected chi connectivity index (χ3v) is 3.41. The first-order valence-corrected chi connectivity index (χ1v) is 9.09. The number of guanidine groups is 1. The smallest absolute Gasteiger partial charge is 0.408 e. The van der Waals surface area contributed by atoms with Crippen molar-refractivity contribution in [3.05, 3.63) is 23.4 Å². The van der Waals surface area contributed by atoms with Crippen LogP contribution in [0, 0.1) is 0 Å². The number of carbonyl (C=O) groups is 1. The van der Waals surface area contributed by atoms with Gasteiger partial charge in [-0.05, 0) is 46.8 Å². The Bertz CT molecular complexity index is 644. The minimum Gasteiger partial charge on any atom is -0.475 e. The van der Waals surface area contributed by atoms with Gasteiger partial charge in [-0.1, -0.05) is 11.6 Å². The minimum atomic E-state index is -0.540. The zero-order valence-electron chi connectivity index (χ0n) is 16.9. The van der Waals surface area contributed by atoms with E-state index in [-0.39, 0.29) is 0 Å². The van der Waals surface area contributed by atoms with Crippen molar-refractivity contribution in [3.63, 3.8) is 0 Å². The molecule has 1 rings (SSSR count). The van der Waals surface area contributed by atoms with Crippen LogP contribution in [0.15, 0.2) is 23.3 Å². The molecule has 0 aromatic carbocycles. The topological polar surface area (TPSA) is 96.9 Å². The van der Waals surface area contributed by atoms with Crippen LogP contribution >= 0.6 is 11.6 Å². The SMILES string of the molecule is CN=C(NCCOc1ncccc1Cl)NCC(C)(C)NC(=O)OC(C)(C)C. The van der Waals surface area contributed by atoms with Crippen LogP contribution in [0.2, 0.25) is 5.02 Å². The van der Waals surface area contributed by atoms with Gasteiger partial charge in [0.1, 0.15) is 17.2 Å². The monoisotopic (exact) mass is 399 g/mol. The summed E-state index contributed by atoms with van der Waals surface area (Å²) in [6, 6.07) is 3.46. The first-order valence-electron chi connectivity index (χ1n) is 8.71. The number of hydrogen-bond donors (Lipinski definition) is 3. The highest BCUT2D eigenvalue weighted by Crippen LogP contribution is 2.19. The molecule has 0 radical (unpaired) electrons. The van der Waals surface area contributed by atoms with Crippen molar-refractivity contribution in [2.75, 3.05) is 26.7 Å². The predicted molar refractivity (Wildman–Crippen MR) is 108 cm³/mol. The van der Waals surface area contributed by atoms with Crippen molar-refractivity contribution in [2.45, 2.75) is 45.8 Å². The first-order chi connectivity index (χ1) is 12.5. The molecule has 1 heterocycles. The molecule has 8 nitrogen and oxygen atoms in total.